The summed E-state index contributed by atoms with van der Waals surface area (Å²) in [6.07, 6.45) is 2.63. The Hall–Kier alpha value is -0.600. The molecule has 11 heavy (non-hydrogen) atoms. The Labute approximate surface area is 71.6 Å². The number of aromatic nitrogens is 1. The highest BCUT2D eigenvalue weighted by Gasteiger charge is 1.92. The fraction of sp³-hybridized carbons (Fsp3) is 0.375. The lowest BCUT2D eigenvalue weighted by Gasteiger charge is -1.98. The van der Waals surface area contributed by atoms with E-state index in [1.807, 2.05) is 19.2 Å². The zero-order valence-corrected chi connectivity index (χ0v) is 7.23. The minimum Gasteiger partial charge on any atom is -0.319 e. The number of hydrogen-bond donors (Lipinski definition) is 1. The molecule has 0 spiro atoms. The molecule has 60 valence electrons. The molecular formula is C8H11ClN2. The van der Waals surface area contributed by atoms with E-state index in [4.69, 9.17) is 11.6 Å². The van der Waals surface area contributed by atoms with Crippen molar-refractivity contribution in [2.75, 3.05) is 13.6 Å². The summed E-state index contributed by atoms with van der Waals surface area (Å²) in [6.45, 7) is 0.953. The second kappa shape index (κ2) is 4.31. The van der Waals surface area contributed by atoms with Gasteiger partial charge in [-0.1, -0.05) is 11.6 Å². The topological polar surface area (TPSA) is 24.9 Å². The van der Waals surface area contributed by atoms with Gasteiger partial charge in [0.15, 0.2) is 0 Å². The van der Waals surface area contributed by atoms with E-state index in [0.29, 0.717) is 5.02 Å². The van der Waals surface area contributed by atoms with Crippen LogP contribution >= 0.6 is 11.6 Å². The average molecular weight is 171 g/mol. The van der Waals surface area contributed by atoms with Gasteiger partial charge in [0.25, 0.3) is 0 Å². The van der Waals surface area contributed by atoms with E-state index in [2.05, 4.69) is 10.3 Å². The molecule has 1 N–H and O–H groups in total. The maximum absolute atomic E-state index is 5.67. The van der Waals surface area contributed by atoms with Gasteiger partial charge in [0.05, 0.1) is 5.02 Å². The van der Waals surface area contributed by atoms with Gasteiger partial charge in [-0.05, 0) is 19.2 Å². The molecule has 0 saturated carbocycles. The number of nitrogens with zero attached hydrogens (tertiary/aromatic N) is 1. The quantitative estimate of drug-likeness (QED) is 0.744. The smallest absolute Gasteiger partial charge is 0.0589 e. The molecule has 1 aromatic rings. The number of halogens is 1. The third-order valence-electron chi connectivity index (χ3n) is 1.42. The zero-order chi connectivity index (χ0) is 8.10. The molecule has 3 heteroatoms. The Balaban J connectivity index is 2.52. The Morgan fingerprint density at radius 1 is 1.55 bits per heavy atom. The van der Waals surface area contributed by atoms with Crippen molar-refractivity contribution in [1.29, 1.82) is 0 Å². The Morgan fingerprint density at radius 2 is 2.36 bits per heavy atom. The third kappa shape index (κ3) is 2.87. The van der Waals surface area contributed by atoms with Gasteiger partial charge in [0.1, 0.15) is 0 Å². The van der Waals surface area contributed by atoms with Crippen LogP contribution in [0.5, 0.6) is 0 Å². The van der Waals surface area contributed by atoms with Crippen molar-refractivity contribution in [1.82, 2.24) is 10.3 Å². The minimum absolute atomic E-state index is 0.693. The highest BCUT2D eigenvalue weighted by Crippen LogP contribution is 2.05. The summed E-state index contributed by atoms with van der Waals surface area (Å²) in [5.41, 5.74) is 1.07. The van der Waals surface area contributed by atoms with Crippen molar-refractivity contribution in [2.45, 2.75) is 6.42 Å². The van der Waals surface area contributed by atoms with Crippen molar-refractivity contribution in [3.63, 3.8) is 0 Å². The van der Waals surface area contributed by atoms with E-state index in [1.165, 1.54) is 0 Å². The zero-order valence-electron chi connectivity index (χ0n) is 6.47. The monoisotopic (exact) mass is 170 g/mol. The van der Waals surface area contributed by atoms with Gasteiger partial charge in [-0.15, -0.1) is 0 Å². The van der Waals surface area contributed by atoms with Crippen molar-refractivity contribution >= 4 is 11.6 Å². The largest absolute Gasteiger partial charge is 0.319 e. The molecule has 2 nitrogen and oxygen atoms in total. The number of hydrogen-bond acceptors (Lipinski definition) is 2. The summed E-state index contributed by atoms with van der Waals surface area (Å²) in [4.78, 5) is 4.14. The van der Waals surface area contributed by atoms with Crippen LogP contribution in [0.4, 0.5) is 0 Å². The summed E-state index contributed by atoms with van der Waals surface area (Å²) in [6, 6.07) is 3.80. The van der Waals surface area contributed by atoms with Gasteiger partial charge in [0, 0.05) is 24.9 Å². The summed E-state index contributed by atoms with van der Waals surface area (Å²) in [5.74, 6) is 0. The molecule has 0 radical (unpaired) electrons. The predicted molar refractivity (Wildman–Crippen MR) is 46.9 cm³/mol. The average Bonchev–Trinajstić information content (AvgIpc) is 2.04. The van der Waals surface area contributed by atoms with Gasteiger partial charge >= 0.3 is 0 Å². The molecule has 0 amide bonds. The highest BCUT2D eigenvalue weighted by molar-refractivity contribution is 6.30. The van der Waals surface area contributed by atoms with E-state index in [9.17, 15) is 0 Å². The van der Waals surface area contributed by atoms with Crippen LogP contribution in [0.25, 0.3) is 0 Å². The number of rotatable bonds is 3. The summed E-state index contributed by atoms with van der Waals surface area (Å²) < 4.78 is 0. The summed E-state index contributed by atoms with van der Waals surface area (Å²) >= 11 is 5.67. The van der Waals surface area contributed by atoms with Crippen LogP contribution in [0.1, 0.15) is 5.69 Å². The Bertz CT molecular complexity index is 208. The molecule has 0 bridgehead atoms. The number of pyridine rings is 1. The Morgan fingerprint density at radius 3 is 2.91 bits per heavy atom. The second-order valence-electron chi connectivity index (χ2n) is 2.32. The molecule has 0 aromatic carbocycles. The molecule has 1 heterocycles. The molecule has 0 aliphatic heterocycles. The van der Waals surface area contributed by atoms with Crippen LogP contribution in [0.2, 0.25) is 5.02 Å². The predicted octanol–water partition coefficient (Wildman–Crippen LogP) is 1.50. The lowest BCUT2D eigenvalue weighted by molar-refractivity contribution is 0.776. The number of nitrogens with one attached hydrogen (secondary N) is 1. The highest BCUT2D eigenvalue weighted by atomic mass is 35.5. The maximum Gasteiger partial charge on any atom is 0.0589 e. The van der Waals surface area contributed by atoms with Gasteiger partial charge in [-0.25, -0.2) is 0 Å². The fourth-order valence-electron chi connectivity index (χ4n) is 0.807. The van der Waals surface area contributed by atoms with E-state index in [0.717, 1.165) is 18.7 Å². The SMILES string of the molecule is CNCCc1ccc(Cl)cn1. The molecule has 0 aliphatic carbocycles. The van der Waals surface area contributed by atoms with Crippen molar-refractivity contribution in [2.24, 2.45) is 0 Å². The van der Waals surface area contributed by atoms with Crippen LogP contribution in [-0.4, -0.2) is 18.6 Å². The third-order valence-corrected chi connectivity index (χ3v) is 1.64. The van der Waals surface area contributed by atoms with Gasteiger partial charge in [-0.2, -0.15) is 0 Å². The van der Waals surface area contributed by atoms with Crippen molar-refractivity contribution < 1.29 is 0 Å². The molecule has 1 rings (SSSR count). The molecular weight excluding hydrogens is 160 g/mol. The molecule has 0 saturated heterocycles. The van der Waals surface area contributed by atoms with E-state index in [-0.39, 0.29) is 0 Å². The first kappa shape index (κ1) is 8.50. The van der Waals surface area contributed by atoms with Crippen molar-refractivity contribution in [3.05, 3.63) is 29.0 Å². The fourth-order valence-corrected chi connectivity index (χ4v) is 0.919. The molecule has 0 unspecified atom stereocenters. The minimum atomic E-state index is 0.693. The second-order valence-corrected chi connectivity index (χ2v) is 2.76. The summed E-state index contributed by atoms with van der Waals surface area (Å²) in [5, 5.41) is 3.75. The normalized spacial score (nSPS) is 10.0. The van der Waals surface area contributed by atoms with E-state index < -0.39 is 0 Å². The van der Waals surface area contributed by atoms with E-state index >= 15 is 0 Å². The van der Waals surface area contributed by atoms with E-state index in [1.54, 1.807) is 6.20 Å². The summed E-state index contributed by atoms with van der Waals surface area (Å²) in [7, 11) is 1.93. The van der Waals surface area contributed by atoms with Gasteiger partial charge in [-0.3, -0.25) is 4.98 Å². The molecule has 0 fully saturated rings. The maximum atomic E-state index is 5.67. The van der Waals surface area contributed by atoms with Crippen molar-refractivity contribution in [3.8, 4) is 0 Å². The Kier molecular flexibility index (Phi) is 3.33. The lowest BCUT2D eigenvalue weighted by atomic mass is 10.3. The molecule has 0 aliphatic rings. The van der Waals surface area contributed by atoms with Crippen LogP contribution in [0, 0.1) is 0 Å². The van der Waals surface area contributed by atoms with Crippen LogP contribution in [0.3, 0.4) is 0 Å². The van der Waals surface area contributed by atoms with Crippen LogP contribution in [-0.2, 0) is 6.42 Å². The first-order valence-corrected chi connectivity index (χ1v) is 3.96. The van der Waals surface area contributed by atoms with Gasteiger partial charge in [0.2, 0.25) is 0 Å². The lowest BCUT2D eigenvalue weighted by Crippen LogP contribution is -2.10. The molecule has 0 atom stereocenters. The number of likely N-dealkylation sites (N-methyl/N-ethyl adjacent to an activating group) is 1. The molecule has 1 aromatic heterocycles. The van der Waals surface area contributed by atoms with Gasteiger partial charge < -0.3 is 5.32 Å². The van der Waals surface area contributed by atoms with Crippen LogP contribution in [0.15, 0.2) is 18.3 Å². The first-order chi connectivity index (χ1) is 5.33. The first-order valence-electron chi connectivity index (χ1n) is 3.58. The van der Waals surface area contributed by atoms with Crippen LogP contribution < -0.4 is 5.32 Å². The standard InChI is InChI=1S/C8H11ClN2/c1-10-5-4-8-3-2-7(9)6-11-8/h2-3,6,10H,4-5H2,1H3.